The summed E-state index contributed by atoms with van der Waals surface area (Å²) in [6.45, 7) is 2.39. The topological polar surface area (TPSA) is 58.6 Å². The van der Waals surface area contributed by atoms with Gasteiger partial charge in [-0.15, -0.1) is 0 Å². The van der Waals surface area contributed by atoms with E-state index in [2.05, 4.69) is 5.32 Å². The molecular formula is C21H24Cl2N2O3. The highest BCUT2D eigenvalue weighted by Gasteiger charge is 2.25. The van der Waals surface area contributed by atoms with E-state index < -0.39 is 6.04 Å². The first kappa shape index (κ1) is 22.1. The van der Waals surface area contributed by atoms with Gasteiger partial charge in [-0.1, -0.05) is 47.5 Å². The molecule has 0 fully saturated rings. The van der Waals surface area contributed by atoms with Crippen LogP contribution in [0.3, 0.4) is 0 Å². The standard InChI is InChI=1S/C21H24Cl2N2O3/c1-15(21(27)24-2)25(14-16-10-11-18(22)19(23)13-16)20(26)9-6-12-28-17-7-4-3-5-8-17/h3-5,7-8,10-11,13,15H,6,9,12,14H2,1-2H3,(H,24,27)/t15-/m1/s1. The number of ether oxygens (including phenoxy) is 1. The molecule has 2 aromatic carbocycles. The van der Waals surface area contributed by atoms with Crippen LogP contribution >= 0.6 is 23.2 Å². The number of halogens is 2. The van der Waals surface area contributed by atoms with Gasteiger partial charge in [0.1, 0.15) is 11.8 Å². The largest absolute Gasteiger partial charge is 0.494 e. The number of hydrogen-bond acceptors (Lipinski definition) is 3. The van der Waals surface area contributed by atoms with E-state index in [0.29, 0.717) is 23.1 Å². The number of likely N-dealkylation sites (N-methyl/N-ethyl adjacent to an activating group) is 1. The summed E-state index contributed by atoms with van der Waals surface area (Å²) in [5, 5.41) is 3.45. The van der Waals surface area contributed by atoms with E-state index in [1.165, 1.54) is 0 Å². The molecule has 7 heteroatoms. The lowest BCUT2D eigenvalue weighted by molar-refractivity contribution is -0.140. The van der Waals surface area contributed by atoms with Gasteiger partial charge < -0.3 is 15.0 Å². The molecule has 1 N–H and O–H groups in total. The molecule has 0 radical (unpaired) electrons. The molecule has 0 aliphatic carbocycles. The second-order valence-corrected chi connectivity index (χ2v) is 7.14. The predicted octanol–water partition coefficient (Wildman–Crippen LogP) is 4.32. The molecule has 0 aliphatic heterocycles. The van der Waals surface area contributed by atoms with Crippen molar-refractivity contribution in [1.82, 2.24) is 10.2 Å². The zero-order valence-corrected chi connectivity index (χ0v) is 17.5. The number of amides is 2. The first-order valence-corrected chi connectivity index (χ1v) is 9.80. The van der Waals surface area contributed by atoms with Gasteiger partial charge in [0.05, 0.1) is 16.7 Å². The average molecular weight is 423 g/mol. The lowest BCUT2D eigenvalue weighted by Gasteiger charge is -2.28. The van der Waals surface area contributed by atoms with Crippen LogP contribution in [0.25, 0.3) is 0 Å². The number of carbonyl (C=O) groups excluding carboxylic acids is 2. The van der Waals surface area contributed by atoms with E-state index >= 15 is 0 Å². The van der Waals surface area contributed by atoms with Crippen molar-refractivity contribution in [3.05, 3.63) is 64.1 Å². The molecule has 1 atom stereocenters. The van der Waals surface area contributed by atoms with Gasteiger partial charge in [-0.25, -0.2) is 0 Å². The number of benzene rings is 2. The number of rotatable bonds is 9. The lowest BCUT2D eigenvalue weighted by atomic mass is 10.1. The van der Waals surface area contributed by atoms with E-state index in [9.17, 15) is 9.59 Å². The molecule has 5 nitrogen and oxygen atoms in total. The maximum absolute atomic E-state index is 12.8. The van der Waals surface area contributed by atoms with Crippen LogP contribution in [0.15, 0.2) is 48.5 Å². The van der Waals surface area contributed by atoms with Crippen LogP contribution in [0.4, 0.5) is 0 Å². The van der Waals surface area contributed by atoms with Crippen LogP contribution in [0.1, 0.15) is 25.3 Å². The average Bonchev–Trinajstić information content (AvgIpc) is 2.71. The molecule has 150 valence electrons. The minimum atomic E-state index is -0.609. The molecule has 0 saturated carbocycles. The number of hydrogen-bond donors (Lipinski definition) is 1. The van der Waals surface area contributed by atoms with Gasteiger partial charge in [-0.05, 0) is 43.2 Å². The molecule has 0 aliphatic rings. The minimum Gasteiger partial charge on any atom is -0.494 e. The number of nitrogens with one attached hydrogen (secondary N) is 1. The summed E-state index contributed by atoms with van der Waals surface area (Å²) < 4.78 is 5.63. The van der Waals surface area contributed by atoms with Crippen molar-refractivity contribution in [1.29, 1.82) is 0 Å². The third-order valence-corrected chi connectivity index (χ3v) is 5.04. The molecule has 0 heterocycles. The Morgan fingerprint density at radius 1 is 1.11 bits per heavy atom. The van der Waals surface area contributed by atoms with Gasteiger partial charge in [-0.2, -0.15) is 0 Å². The maximum Gasteiger partial charge on any atom is 0.242 e. The van der Waals surface area contributed by atoms with Gasteiger partial charge >= 0.3 is 0 Å². The normalized spacial score (nSPS) is 11.6. The van der Waals surface area contributed by atoms with Gasteiger partial charge in [0.2, 0.25) is 11.8 Å². The summed E-state index contributed by atoms with van der Waals surface area (Å²) in [7, 11) is 1.55. The van der Waals surface area contributed by atoms with Crippen molar-refractivity contribution in [2.24, 2.45) is 0 Å². The second kappa shape index (κ2) is 10.9. The van der Waals surface area contributed by atoms with Crippen LogP contribution in [-0.2, 0) is 16.1 Å². The molecule has 2 rings (SSSR count). The van der Waals surface area contributed by atoms with Crippen molar-refractivity contribution >= 4 is 35.0 Å². The van der Waals surface area contributed by atoms with Gasteiger partial charge in [0.25, 0.3) is 0 Å². The van der Waals surface area contributed by atoms with Crippen molar-refractivity contribution in [3.8, 4) is 5.75 Å². The fourth-order valence-electron chi connectivity index (χ4n) is 2.70. The first-order chi connectivity index (χ1) is 13.4. The summed E-state index contributed by atoms with van der Waals surface area (Å²) in [5.41, 5.74) is 0.805. The fraction of sp³-hybridized carbons (Fsp3) is 0.333. The molecule has 0 bridgehead atoms. The smallest absolute Gasteiger partial charge is 0.242 e. The van der Waals surface area contributed by atoms with Crippen LogP contribution in [0.2, 0.25) is 10.0 Å². The SMILES string of the molecule is CNC(=O)[C@@H](C)N(Cc1ccc(Cl)c(Cl)c1)C(=O)CCCOc1ccccc1. The van der Waals surface area contributed by atoms with E-state index in [4.69, 9.17) is 27.9 Å². The lowest BCUT2D eigenvalue weighted by Crippen LogP contribution is -2.46. The van der Waals surface area contributed by atoms with Crippen molar-refractivity contribution in [2.75, 3.05) is 13.7 Å². The van der Waals surface area contributed by atoms with Crippen molar-refractivity contribution in [3.63, 3.8) is 0 Å². The van der Waals surface area contributed by atoms with Gasteiger partial charge in [0.15, 0.2) is 0 Å². The summed E-state index contributed by atoms with van der Waals surface area (Å²) >= 11 is 12.0. The summed E-state index contributed by atoms with van der Waals surface area (Å²) in [5.74, 6) is 0.411. The van der Waals surface area contributed by atoms with Crippen LogP contribution < -0.4 is 10.1 Å². The summed E-state index contributed by atoms with van der Waals surface area (Å²) in [6, 6.07) is 14.0. The molecule has 0 aromatic heterocycles. The molecule has 2 amide bonds. The quantitative estimate of drug-likeness (QED) is 0.612. The van der Waals surface area contributed by atoms with Crippen LogP contribution in [0.5, 0.6) is 5.75 Å². The monoisotopic (exact) mass is 422 g/mol. The van der Waals surface area contributed by atoms with Gasteiger partial charge in [-0.3, -0.25) is 9.59 Å². The highest BCUT2D eigenvalue weighted by atomic mass is 35.5. The van der Waals surface area contributed by atoms with Crippen LogP contribution in [0, 0.1) is 0 Å². The summed E-state index contributed by atoms with van der Waals surface area (Å²) in [6.07, 6.45) is 0.821. The van der Waals surface area contributed by atoms with Crippen LogP contribution in [-0.4, -0.2) is 36.4 Å². The Bertz CT molecular complexity index is 799. The second-order valence-electron chi connectivity index (χ2n) is 6.33. The molecule has 28 heavy (non-hydrogen) atoms. The van der Waals surface area contributed by atoms with E-state index in [1.54, 1.807) is 37.1 Å². The Labute approximate surface area is 175 Å². The minimum absolute atomic E-state index is 0.126. The van der Waals surface area contributed by atoms with E-state index in [0.717, 1.165) is 11.3 Å². The van der Waals surface area contributed by atoms with E-state index in [-0.39, 0.29) is 24.8 Å². The highest BCUT2D eigenvalue weighted by Crippen LogP contribution is 2.24. The Hall–Kier alpha value is -2.24. The molecular weight excluding hydrogens is 399 g/mol. The third kappa shape index (κ3) is 6.43. The number of nitrogens with zero attached hydrogens (tertiary/aromatic N) is 1. The molecule has 0 saturated heterocycles. The zero-order valence-electron chi connectivity index (χ0n) is 16.0. The molecule has 0 unspecified atom stereocenters. The maximum atomic E-state index is 12.8. The molecule has 0 spiro atoms. The Morgan fingerprint density at radius 3 is 2.46 bits per heavy atom. The summed E-state index contributed by atoms with van der Waals surface area (Å²) in [4.78, 5) is 26.5. The number of para-hydroxylation sites is 1. The van der Waals surface area contributed by atoms with Crippen molar-refractivity contribution in [2.45, 2.75) is 32.4 Å². The van der Waals surface area contributed by atoms with Crippen molar-refractivity contribution < 1.29 is 14.3 Å². The Kier molecular flexibility index (Phi) is 8.61. The Balaban J connectivity index is 1.99. The van der Waals surface area contributed by atoms with Gasteiger partial charge in [0, 0.05) is 20.0 Å². The van der Waals surface area contributed by atoms with E-state index in [1.807, 2.05) is 30.3 Å². The Morgan fingerprint density at radius 2 is 1.82 bits per heavy atom. The molecule has 2 aromatic rings. The fourth-order valence-corrected chi connectivity index (χ4v) is 3.02. The third-order valence-electron chi connectivity index (χ3n) is 4.30. The highest BCUT2D eigenvalue weighted by molar-refractivity contribution is 6.42. The zero-order chi connectivity index (χ0) is 20.5. The predicted molar refractivity (Wildman–Crippen MR) is 112 cm³/mol. The first-order valence-electron chi connectivity index (χ1n) is 9.05. The number of carbonyl (C=O) groups is 2.